The summed E-state index contributed by atoms with van der Waals surface area (Å²) in [6, 6.07) is 28.9. The first-order valence-corrected chi connectivity index (χ1v) is 21.8. The zero-order valence-electron chi connectivity index (χ0n) is 35.8. The van der Waals surface area contributed by atoms with Crippen LogP contribution in [0.5, 0.6) is 40.2 Å². The second-order valence-corrected chi connectivity index (χ2v) is 21.3. The summed E-state index contributed by atoms with van der Waals surface area (Å²) in [7, 11) is -0.145. The molecular formula is C48H56O7P2. The fourth-order valence-corrected chi connectivity index (χ4v) is 9.73. The second-order valence-electron chi connectivity index (χ2n) is 18.9. The number of rotatable bonds is 7. The first kappa shape index (κ1) is 40.7. The van der Waals surface area contributed by atoms with Crippen molar-refractivity contribution in [2.45, 2.75) is 105 Å². The lowest BCUT2D eigenvalue weighted by molar-refractivity contribution is 0.404. The van der Waals surface area contributed by atoms with Crippen molar-refractivity contribution in [3.8, 4) is 62.5 Å². The van der Waals surface area contributed by atoms with Crippen LogP contribution in [0.4, 0.5) is 0 Å². The highest BCUT2D eigenvalue weighted by molar-refractivity contribution is 7.57. The third-order valence-electron chi connectivity index (χ3n) is 10.4. The van der Waals surface area contributed by atoms with E-state index >= 15 is 0 Å². The SMILES string of the molecule is COc1cc(-c2cc(OC)cc(C(C)(C)C)c2OP2Oc3ccccc3-c3ccccc32)c(OP2Oc3cc(C(C)(C)C)cc(C(C)(C)C)c3O2)c(C(C)(C)C)c1. The first-order valence-electron chi connectivity index (χ1n) is 19.5. The number of benzene rings is 5. The molecule has 2 atom stereocenters. The largest absolute Gasteiger partial charge is 0.530 e. The van der Waals surface area contributed by atoms with Crippen molar-refractivity contribution >= 4 is 22.3 Å². The lowest BCUT2D eigenvalue weighted by atomic mass is 9.80. The molecule has 7 nitrogen and oxygen atoms in total. The second kappa shape index (κ2) is 14.7. The van der Waals surface area contributed by atoms with Crippen LogP contribution in [0.25, 0.3) is 22.3 Å². The van der Waals surface area contributed by atoms with Gasteiger partial charge < -0.3 is 32.1 Å². The first-order chi connectivity index (χ1) is 26.7. The van der Waals surface area contributed by atoms with E-state index in [2.05, 4.69) is 126 Å². The Labute approximate surface area is 341 Å². The Morgan fingerprint density at radius 2 is 0.982 bits per heavy atom. The summed E-state index contributed by atoms with van der Waals surface area (Å²) in [6.07, 6.45) is 0. The van der Waals surface area contributed by atoms with E-state index in [0.717, 1.165) is 55.7 Å². The highest BCUT2D eigenvalue weighted by Crippen LogP contribution is 2.61. The lowest BCUT2D eigenvalue weighted by Gasteiger charge is -2.32. The molecule has 5 aromatic carbocycles. The number of fused-ring (bicyclic) bond motifs is 4. The van der Waals surface area contributed by atoms with E-state index in [1.54, 1.807) is 14.2 Å². The van der Waals surface area contributed by atoms with Crippen LogP contribution in [-0.4, -0.2) is 14.2 Å². The highest BCUT2D eigenvalue weighted by atomic mass is 31.2. The summed E-state index contributed by atoms with van der Waals surface area (Å²) in [5.74, 6) is 4.88. The van der Waals surface area contributed by atoms with Gasteiger partial charge in [0.15, 0.2) is 11.5 Å². The summed E-state index contributed by atoms with van der Waals surface area (Å²) in [4.78, 5) is 0. The van der Waals surface area contributed by atoms with E-state index < -0.39 is 17.0 Å². The lowest BCUT2D eigenvalue weighted by Crippen LogP contribution is -2.20. The van der Waals surface area contributed by atoms with Gasteiger partial charge in [0, 0.05) is 33.4 Å². The molecule has 0 fully saturated rings. The van der Waals surface area contributed by atoms with Crippen molar-refractivity contribution in [3.63, 3.8) is 0 Å². The van der Waals surface area contributed by atoms with Gasteiger partial charge in [0.1, 0.15) is 28.7 Å². The van der Waals surface area contributed by atoms with Crippen LogP contribution >= 0.6 is 17.0 Å². The van der Waals surface area contributed by atoms with E-state index in [9.17, 15) is 0 Å². The molecule has 7 rings (SSSR count). The Morgan fingerprint density at radius 3 is 1.53 bits per heavy atom. The fourth-order valence-electron chi connectivity index (χ4n) is 7.11. The number of hydrogen-bond acceptors (Lipinski definition) is 7. The molecule has 9 heteroatoms. The van der Waals surface area contributed by atoms with E-state index in [1.165, 1.54) is 5.56 Å². The van der Waals surface area contributed by atoms with Gasteiger partial charge >= 0.3 is 17.0 Å². The molecule has 57 heavy (non-hydrogen) atoms. The van der Waals surface area contributed by atoms with Crippen molar-refractivity contribution < 1.29 is 32.1 Å². The number of para-hydroxylation sites is 1. The zero-order valence-corrected chi connectivity index (χ0v) is 37.6. The predicted octanol–water partition coefficient (Wildman–Crippen LogP) is 13.7. The van der Waals surface area contributed by atoms with Crippen molar-refractivity contribution in [3.05, 3.63) is 107 Å². The number of hydrogen-bond donors (Lipinski definition) is 0. The van der Waals surface area contributed by atoms with Gasteiger partial charge in [-0.25, -0.2) is 0 Å². The van der Waals surface area contributed by atoms with Gasteiger partial charge in [-0.1, -0.05) is 126 Å². The maximum atomic E-state index is 7.29. The van der Waals surface area contributed by atoms with Gasteiger partial charge in [-0.2, -0.15) is 0 Å². The minimum absolute atomic E-state index is 0.0904. The van der Waals surface area contributed by atoms with Crippen LogP contribution in [0.3, 0.4) is 0 Å². The minimum Gasteiger partial charge on any atom is -0.497 e. The molecule has 2 aliphatic rings. The van der Waals surface area contributed by atoms with Crippen LogP contribution in [0.1, 0.15) is 105 Å². The van der Waals surface area contributed by atoms with E-state index in [4.69, 9.17) is 32.1 Å². The summed E-state index contributed by atoms with van der Waals surface area (Å²) < 4.78 is 46.5. The Bertz CT molecular complexity index is 2320. The van der Waals surface area contributed by atoms with E-state index in [0.29, 0.717) is 28.7 Å². The molecule has 2 heterocycles. The zero-order chi connectivity index (χ0) is 41.2. The van der Waals surface area contributed by atoms with Gasteiger partial charge in [-0.3, -0.25) is 0 Å². The summed E-state index contributed by atoms with van der Waals surface area (Å²) in [5, 5.41) is 1.00. The molecule has 0 N–H and O–H groups in total. The highest BCUT2D eigenvalue weighted by Gasteiger charge is 2.40. The average Bonchev–Trinajstić information content (AvgIpc) is 3.55. The molecule has 300 valence electrons. The van der Waals surface area contributed by atoms with Crippen molar-refractivity contribution in [1.29, 1.82) is 0 Å². The third kappa shape index (κ3) is 8.03. The molecule has 0 radical (unpaired) electrons. The minimum atomic E-state index is -1.91. The maximum Gasteiger partial charge on any atom is 0.530 e. The van der Waals surface area contributed by atoms with Crippen molar-refractivity contribution in [1.82, 2.24) is 0 Å². The molecule has 0 bridgehead atoms. The molecule has 5 aromatic rings. The van der Waals surface area contributed by atoms with Crippen LogP contribution in [0.15, 0.2) is 84.9 Å². The topological polar surface area (TPSA) is 64.6 Å². The summed E-state index contributed by atoms with van der Waals surface area (Å²) >= 11 is 0. The van der Waals surface area contributed by atoms with E-state index in [-0.39, 0.29) is 21.7 Å². The number of methoxy groups -OCH3 is 2. The Balaban J connectivity index is 1.43. The molecule has 0 aliphatic carbocycles. The summed E-state index contributed by atoms with van der Waals surface area (Å²) in [5.41, 5.74) is 6.82. The van der Waals surface area contributed by atoms with E-state index in [1.807, 2.05) is 42.5 Å². The van der Waals surface area contributed by atoms with Gasteiger partial charge in [0.25, 0.3) is 0 Å². The van der Waals surface area contributed by atoms with Gasteiger partial charge in [0.2, 0.25) is 0 Å². The van der Waals surface area contributed by atoms with Crippen LogP contribution in [0.2, 0.25) is 0 Å². The van der Waals surface area contributed by atoms with Crippen molar-refractivity contribution in [2.24, 2.45) is 0 Å². The fraction of sp³-hybridized carbons (Fsp3) is 0.375. The van der Waals surface area contributed by atoms with Crippen LogP contribution in [-0.2, 0) is 21.7 Å². The number of ether oxygens (including phenoxy) is 2. The quantitative estimate of drug-likeness (QED) is 0.152. The summed E-state index contributed by atoms with van der Waals surface area (Å²) in [6.45, 7) is 26.3. The standard InChI is InChI=1S/C48H56O7P2/c1-45(2,3)29-23-36(46(4,5)6)44-40(24-29)52-57(55-44)54-43-35(26-31(50-14)28-38(43)48(10,11)12)34-25-30(49-13)27-37(47(7,8)9)42(34)53-56-41-22-18-16-20-33(41)32-19-15-17-21-39(32)51-56/h15-28H,1-14H3. The molecular weight excluding hydrogens is 750 g/mol. The Hall–Kier alpha value is -4.44. The Morgan fingerprint density at radius 1 is 0.456 bits per heavy atom. The molecule has 0 spiro atoms. The van der Waals surface area contributed by atoms with Gasteiger partial charge in [0.05, 0.1) is 19.5 Å². The molecule has 0 amide bonds. The molecule has 2 aliphatic heterocycles. The van der Waals surface area contributed by atoms with Crippen molar-refractivity contribution in [2.75, 3.05) is 14.2 Å². The predicted molar refractivity (Wildman–Crippen MR) is 235 cm³/mol. The molecule has 0 saturated heterocycles. The maximum absolute atomic E-state index is 7.29. The normalized spacial score (nSPS) is 16.3. The molecule has 0 aromatic heterocycles. The van der Waals surface area contributed by atoms with Gasteiger partial charge in [-0.05, 0) is 75.3 Å². The molecule has 2 unspecified atom stereocenters. The Kier molecular flexibility index (Phi) is 10.5. The smallest absolute Gasteiger partial charge is 0.497 e. The van der Waals surface area contributed by atoms with Crippen LogP contribution in [0, 0.1) is 0 Å². The van der Waals surface area contributed by atoms with Crippen LogP contribution < -0.4 is 37.4 Å². The molecule has 0 saturated carbocycles. The van der Waals surface area contributed by atoms with Gasteiger partial charge in [-0.15, -0.1) is 0 Å². The monoisotopic (exact) mass is 806 g/mol. The average molecular weight is 807 g/mol. The third-order valence-corrected chi connectivity index (χ3v) is 12.9.